The first kappa shape index (κ1) is 19.5. The highest BCUT2D eigenvalue weighted by atomic mass is 35.5. The molecule has 2 N–H and O–H groups in total. The summed E-state index contributed by atoms with van der Waals surface area (Å²) in [6.07, 6.45) is 0.124. The van der Waals surface area contributed by atoms with E-state index in [1.165, 1.54) is 11.8 Å². The first-order valence-electron chi connectivity index (χ1n) is 9.00. The van der Waals surface area contributed by atoms with Crippen molar-refractivity contribution in [3.63, 3.8) is 0 Å². The number of aromatic nitrogens is 2. The van der Waals surface area contributed by atoms with E-state index in [2.05, 4.69) is 10.3 Å². The van der Waals surface area contributed by atoms with Crippen LogP contribution in [0.5, 0.6) is 5.75 Å². The minimum absolute atomic E-state index is 0.0896. The molecule has 2 heterocycles. The number of hydrogen-bond acceptors (Lipinski definition) is 5. The van der Waals surface area contributed by atoms with Crippen LogP contribution < -0.4 is 10.9 Å². The van der Waals surface area contributed by atoms with Gasteiger partial charge in [0, 0.05) is 30.2 Å². The zero-order valence-corrected chi connectivity index (χ0v) is 17.1. The molecule has 6 nitrogen and oxygen atoms in total. The number of halogens is 1. The highest BCUT2D eigenvalue weighted by Crippen LogP contribution is 2.37. The summed E-state index contributed by atoms with van der Waals surface area (Å²) in [6.45, 7) is 0. The van der Waals surface area contributed by atoms with E-state index in [-0.39, 0.29) is 23.6 Å². The average molecular weight is 428 g/mol. The van der Waals surface area contributed by atoms with Gasteiger partial charge in [-0.2, -0.15) is 4.98 Å². The molecule has 8 heteroatoms. The summed E-state index contributed by atoms with van der Waals surface area (Å²) < 4.78 is 1.73. The fraction of sp³-hybridized carbons (Fsp3) is 0.190. The molecule has 0 saturated heterocycles. The summed E-state index contributed by atoms with van der Waals surface area (Å²) >= 11 is 7.59. The number of nitrogens with one attached hydrogen (secondary N) is 1. The number of benzene rings is 2. The van der Waals surface area contributed by atoms with Crippen molar-refractivity contribution in [2.24, 2.45) is 7.05 Å². The van der Waals surface area contributed by atoms with E-state index in [4.69, 9.17) is 11.6 Å². The second kappa shape index (κ2) is 7.93. The quantitative estimate of drug-likeness (QED) is 0.487. The second-order valence-corrected chi connectivity index (χ2v) is 8.15. The van der Waals surface area contributed by atoms with Crippen molar-refractivity contribution in [3.05, 3.63) is 80.6 Å². The number of carbonyl (C=O) groups is 1. The maximum Gasteiger partial charge on any atom is 0.279 e. The minimum Gasteiger partial charge on any atom is -0.508 e. The molecule has 3 aromatic rings. The maximum absolute atomic E-state index is 12.9. The molecular weight excluding hydrogens is 410 g/mol. The molecule has 1 atom stereocenters. The van der Waals surface area contributed by atoms with E-state index >= 15 is 0 Å². The van der Waals surface area contributed by atoms with Gasteiger partial charge in [-0.3, -0.25) is 9.59 Å². The number of amides is 1. The van der Waals surface area contributed by atoms with Crippen LogP contribution in [0, 0.1) is 0 Å². The van der Waals surface area contributed by atoms with Crippen molar-refractivity contribution in [3.8, 4) is 5.75 Å². The third-order valence-electron chi connectivity index (χ3n) is 4.89. The Morgan fingerprint density at radius 2 is 2.03 bits per heavy atom. The molecule has 148 valence electrons. The zero-order chi connectivity index (χ0) is 20.5. The van der Waals surface area contributed by atoms with Crippen molar-refractivity contribution in [2.75, 3.05) is 5.32 Å². The zero-order valence-electron chi connectivity index (χ0n) is 15.6. The first-order chi connectivity index (χ1) is 13.9. The lowest BCUT2D eigenvalue weighted by molar-refractivity contribution is -0.116. The Morgan fingerprint density at radius 1 is 1.24 bits per heavy atom. The summed E-state index contributed by atoms with van der Waals surface area (Å²) in [6, 6.07) is 14.1. The second-order valence-electron chi connectivity index (χ2n) is 6.80. The van der Waals surface area contributed by atoms with E-state index in [0.717, 1.165) is 5.56 Å². The molecule has 0 radical (unpaired) electrons. The third-order valence-corrected chi connectivity index (χ3v) is 6.34. The molecule has 0 bridgehead atoms. The van der Waals surface area contributed by atoms with Crippen molar-refractivity contribution >= 4 is 35.1 Å². The van der Waals surface area contributed by atoms with Crippen LogP contribution in [0.1, 0.15) is 29.0 Å². The molecule has 0 aliphatic carbocycles. The number of hydrogen-bond donors (Lipinski definition) is 2. The lowest BCUT2D eigenvalue weighted by Gasteiger charge is -2.27. The largest absolute Gasteiger partial charge is 0.508 e. The molecule has 0 spiro atoms. The Kier molecular flexibility index (Phi) is 5.34. The van der Waals surface area contributed by atoms with Gasteiger partial charge in [-0.1, -0.05) is 53.7 Å². The summed E-state index contributed by atoms with van der Waals surface area (Å²) in [7, 11) is 1.77. The van der Waals surface area contributed by atoms with Crippen LogP contribution in [-0.2, 0) is 17.6 Å². The van der Waals surface area contributed by atoms with E-state index in [9.17, 15) is 14.7 Å². The van der Waals surface area contributed by atoms with E-state index in [0.29, 0.717) is 32.9 Å². The Morgan fingerprint density at radius 3 is 2.79 bits per heavy atom. The normalized spacial score (nSPS) is 15.7. The number of fused-ring (bicyclic) bond motifs is 1. The summed E-state index contributed by atoms with van der Waals surface area (Å²) in [4.78, 5) is 29.5. The van der Waals surface area contributed by atoms with E-state index in [1.807, 2.05) is 24.3 Å². The van der Waals surface area contributed by atoms with Crippen molar-refractivity contribution < 1.29 is 9.90 Å². The van der Waals surface area contributed by atoms with Gasteiger partial charge in [-0.15, -0.1) is 0 Å². The highest BCUT2D eigenvalue weighted by Gasteiger charge is 2.32. The Bertz CT molecular complexity index is 1160. The van der Waals surface area contributed by atoms with Gasteiger partial charge in [0.15, 0.2) is 5.16 Å². The SMILES string of the molecule is Cn1c(SCc2ccccc2Cl)nc(=O)c2c1NC(=O)C[C@@H]2c1cccc(O)c1. The molecular formula is C21H18ClN3O3S. The molecule has 1 aliphatic rings. The van der Waals surface area contributed by atoms with E-state index in [1.54, 1.807) is 35.9 Å². The maximum atomic E-state index is 12.9. The van der Waals surface area contributed by atoms with Crippen molar-refractivity contribution in [2.45, 2.75) is 23.2 Å². The molecule has 0 saturated carbocycles. The van der Waals surface area contributed by atoms with Crippen LogP contribution in [0.2, 0.25) is 5.02 Å². The molecule has 0 fully saturated rings. The van der Waals surface area contributed by atoms with Crippen molar-refractivity contribution in [1.82, 2.24) is 9.55 Å². The number of nitrogens with zero attached hydrogens (tertiary/aromatic N) is 2. The standard InChI is InChI=1S/C21H18ClN3O3S/c1-25-19-18(15(10-17(27)23-19)12-6-4-7-14(26)9-12)20(28)24-21(25)29-11-13-5-2-3-8-16(13)22/h2-9,15,26H,10-11H2,1H3,(H,23,27)/t15-/m1/s1. The smallest absolute Gasteiger partial charge is 0.279 e. The number of thioether (sulfide) groups is 1. The number of anilines is 1. The van der Waals surface area contributed by atoms with Crippen LogP contribution in [0.3, 0.4) is 0 Å². The number of aromatic hydroxyl groups is 1. The van der Waals surface area contributed by atoms with Gasteiger partial charge in [0.1, 0.15) is 11.6 Å². The predicted octanol–water partition coefficient (Wildman–Crippen LogP) is 3.91. The topological polar surface area (TPSA) is 84.2 Å². The number of phenolic OH excluding ortho intramolecular Hbond substituents is 1. The Balaban J connectivity index is 1.73. The van der Waals surface area contributed by atoms with Crippen LogP contribution in [0.15, 0.2) is 58.5 Å². The first-order valence-corrected chi connectivity index (χ1v) is 10.4. The van der Waals surface area contributed by atoms with Gasteiger partial charge in [0.2, 0.25) is 5.91 Å². The van der Waals surface area contributed by atoms with Gasteiger partial charge in [-0.25, -0.2) is 0 Å². The Labute approximate surface area is 176 Å². The summed E-state index contributed by atoms with van der Waals surface area (Å²) in [5.41, 5.74) is 1.69. The van der Waals surface area contributed by atoms with Crippen LogP contribution in [0.25, 0.3) is 0 Å². The van der Waals surface area contributed by atoms with Gasteiger partial charge >= 0.3 is 0 Å². The fourth-order valence-electron chi connectivity index (χ4n) is 3.45. The molecule has 1 aliphatic heterocycles. The number of carbonyl (C=O) groups excluding carboxylic acids is 1. The van der Waals surface area contributed by atoms with Gasteiger partial charge in [0.25, 0.3) is 5.56 Å². The minimum atomic E-state index is -0.459. The lowest BCUT2D eigenvalue weighted by atomic mass is 9.86. The van der Waals surface area contributed by atoms with Crippen molar-refractivity contribution in [1.29, 1.82) is 0 Å². The molecule has 2 aromatic carbocycles. The highest BCUT2D eigenvalue weighted by molar-refractivity contribution is 7.98. The van der Waals surface area contributed by atoms with Gasteiger partial charge in [0.05, 0.1) is 5.56 Å². The third kappa shape index (κ3) is 3.88. The van der Waals surface area contributed by atoms with E-state index < -0.39 is 5.92 Å². The van der Waals surface area contributed by atoms with Crippen LogP contribution >= 0.6 is 23.4 Å². The van der Waals surface area contributed by atoms with Gasteiger partial charge in [-0.05, 0) is 29.3 Å². The van der Waals surface area contributed by atoms with Gasteiger partial charge < -0.3 is 15.0 Å². The average Bonchev–Trinajstić information content (AvgIpc) is 2.70. The monoisotopic (exact) mass is 427 g/mol. The summed E-state index contributed by atoms with van der Waals surface area (Å²) in [5, 5.41) is 13.8. The lowest BCUT2D eigenvalue weighted by Crippen LogP contribution is -2.33. The molecule has 29 heavy (non-hydrogen) atoms. The molecule has 0 unspecified atom stereocenters. The number of phenols is 1. The molecule has 4 rings (SSSR count). The molecule has 1 amide bonds. The fourth-order valence-corrected chi connectivity index (χ4v) is 4.70. The summed E-state index contributed by atoms with van der Waals surface area (Å²) in [5.74, 6) is 0.430. The Hall–Kier alpha value is -2.77. The molecule has 1 aromatic heterocycles. The van der Waals surface area contributed by atoms with Crippen LogP contribution in [0.4, 0.5) is 5.82 Å². The van der Waals surface area contributed by atoms with Crippen LogP contribution in [-0.4, -0.2) is 20.6 Å². The number of rotatable bonds is 4. The predicted molar refractivity (Wildman–Crippen MR) is 114 cm³/mol.